The molecule has 5 heteroatoms. The summed E-state index contributed by atoms with van der Waals surface area (Å²) >= 11 is 5.91. The molecule has 0 amide bonds. The summed E-state index contributed by atoms with van der Waals surface area (Å²) < 4.78 is 9.75. The van der Waals surface area contributed by atoms with Gasteiger partial charge >= 0.3 is 0 Å². The highest BCUT2D eigenvalue weighted by molar-refractivity contribution is 6.30. The maximum Gasteiger partial charge on any atom is 0.258 e. The average Bonchev–Trinajstić information content (AvgIpc) is 3.05. The lowest BCUT2D eigenvalue weighted by atomic mass is 9.95. The summed E-state index contributed by atoms with van der Waals surface area (Å²) in [5.74, 6) is 0.557. The maximum atomic E-state index is 12.8. The van der Waals surface area contributed by atoms with E-state index >= 15 is 0 Å². The van der Waals surface area contributed by atoms with Crippen LogP contribution < -0.4 is 10.3 Å². The van der Waals surface area contributed by atoms with Crippen LogP contribution in [0.5, 0.6) is 5.75 Å². The molecule has 5 rings (SSSR count). The number of hydrogen-bond acceptors (Lipinski definition) is 2. The minimum atomic E-state index is -0.109. The first-order valence-electron chi connectivity index (χ1n) is 10.3. The largest absolute Gasteiger partial charge is 0.489 e. The highest BCUT2D eigenvalue weighted by atomic mass is 35.5. The van der Waals surface area contributed by atoms with Crippen LogP contribution in [-0.4, -0.2) is 9.13 Å². The van der Waals surface area contributed by atoms with Gasteiger partial charge in [-0.25, -0.2) is 0 Å². The predicted octanol–water partition coefficient (Wildman–Crippen LogP) is 5.44. The van der Waals surface area contributed by atoms with Crippen molar-refractivity contribution >= 4 is 22.5 Å². The van der Waals surface area contributed by atoms with E-state index in [1.165, 1.54) is 41.1 Å². The van der Waals surface area contributed by atoms with Crippen LogP contribution in [-0.2, 0) is 26.5 Å². The first-order chi connectivity index (χ1) is 14.6. The Bertz CT molecular complexity index is 1290. The molecule has 0 aliphatic heterocycles. The number of halogens is 1. The van der Waals surface area contributed by atoms with Crippen molar-refractivity contribution in [3.8, 4) is 11.4 Å². The topological polar surface area (TPSA) is 36.2 Å². The van der Waals surface area contributed by atoms with Crippen LogP contribution in [0.4, 0.5) is 0 Å². The Morgan fingerprint density at radius 1 is 1.00 bits per heavy atom. The number of rotatable bonds is 4. The molecule has 2 aromatic heterocycles. The first kappa shape index (κ1) is 19.0. The van der Waals surface area contributed by atoms with Gasteiger partial charge in [0.1, 0.15) is 12.4 Å². The standard InChI is InChI=1S/C25H23ClN2O2/c1-27-23-5-3-2-4-21(23)22-11-10-19(14-24(22)27)28-13-12-20(15-25(28)29)30-16-17-6-8-18(26)9-7-17/h6-15H,2-5,16H2,1H3. The number of hydrogen-bond donors (Lipinski definition) is 0. The van der Waals surface area contributed by atoms with Crippen LogP contribution in [0, 0.1) is 0 Å². The first-order valence-corrected chi connectivity index (χ1v) is 10.7. The van der Waals surface area contributed by atoms with Gasteiger partial charge in [0.05, 0.1) is 11.2 Å². The third kappa shape index (κ3) is 3.41. The quantitative estimate of drug-likeness (QED) is 0.442. The highest BCUT2D eigenvalue weighted by Crippen LogP contribution is 2.32. The van der Waals surface area contributed by atoms with E-state index in [1.807, 2.05) is 36.4 Å². The van der Waals surface area contributed by atoms with Crippen molar-refractivity contribution in [1.29, 1.82) is 0 Å². The van der Waals surface area contributed by atoms with Crippen molar-refractivity contribution in [1.82, 2.24) is 9.13 Å². The van der Waals surface area contributed by atoms with E-state index in [0.29, 0.717) is 17.4 Å². The molecular weight excluding hydrogens is 396 g/mol. The lowest BCUT2D eigenvalue weighted by molar-refractivity contribution is 0.305. The summed E-state index contributed by atoms with van der Waals surface area (Å²) in [6, 6.07) is 17.2. The molecule has 4 aromatic rings. The fourth-order valence-corrected chi connectivity index (χ4v) is 4.53. The smallest absolute Gasteiger partial charge is 0.258 e. The van der Waals surface area contributed by atoms with E-state index in [2.05, 4.69) is 23.7 Å². The summed E-state index contributed by atoms with van der Waals surface area (Å²) in [7, 11) is 2.13. The summed E-state index contributed by atoms with van der Waals surface area (Å²) in [6.07, 6.45) is 6.57. The van der Waals surface area contributed by atoms with Crippen molar-refractivity contribution in [3.05, 3.63) is 93.0 Å². The van der Waals surface area contributed by atoms with Gasteiger partial charge in [0.25, 0.3) is 5.56 Å². The van der Waals surface area contributed by atoms with Gasteiger partial charge < -0.3 is 9.30 Å². The van der Waals surface area contributed by atoms with Crippen LogP contribution in [0.15, 0.2) is 65.6 Å². The Balaban J connectivity index is 1.43. The van der Waals surface area contributed by atoms with Gasteiger partial charge in [-0.3, -0.25) is 9.36 Å². The number of aromatic nitrogens is 2. The molecule has 0 spiro atoms. The van der Waals surface area contributed by atoms with Gasteiger partial charge in [-0.1, -0.05) is 29.8 Å². The number of aryl methyl sites for hydroxylation is 2. The van der Waals surface area contributed by atoms with E-state index in [1.54, 1.807) is 10.8 Å². The molecule has 0 saturated carbocycles. The van der Waals surface area contributed by atoms with Crippen LogP contribution in [0.2, 0.25) is 5.02 Å². The van der Waals surface area contributed by atoms with Gasteiger partial charge in [-0.05, 0) is 67.1 Å². The molecule has 1 aliphatic carbocycles. The van der Waals surface area contributed by atoms with Gasteiger partial charge in [-0.2, -0.15) is 0 Å². The zero-order valence-corrected chi connectivity index (χ0v) is 17.7. The molecule has 0 fully saturated rings. The molecule has 2 heterocycles. The Morgan fingerprint density at radius 3 is 2.60 bits per heavy atom. The van der Waals surface area contributed by atoms with Crippen molar-refractivity contribution in [2.45, 2.75) is 32.3 Å². The van der Waals surface area contributed by atoms with Gasteiger partial charge in [0.15, 0.2) is 0 Å². The summed E-state index contributed by atoms with van der Waals surface area (Å²) in [4.78, 5) is 12.8. The molecular formula is C25H23ClN2O2. The molecule has 0 radical (unpaired) electrons. The third-order valence-electron chi connectivity index (χ3n) is 6.00. The second kappa shape index (κ2) is 7.69. The highest BCUT2D eigenvalue weighted by Gasteiger charge is 2.18. The van der Waals surface area contributed by atoms with Crippen LogP contribution in [0.25, 0.3) is 16.6 Å². The minimum Gasteiger partial charge on any atom is -0.489 e. The van der Waals surface area contributed by atoms with E-state index in [-0.39, 0.29) is 5.56 Å². The molecule has 2 aromatic carbocycles. The number of pyridine rings is 1. The van der Waals surface area contributed by atoms with E-state index in [0.717, 1.165) is 24.1 Å². The molecule has 0 atom stereocenters. The van der Waals surface area contributed by atoms with Crippen molar-refractivity contribution in [3.63, 3.8) is 0 Å². The number of benzene rings is 2. The van der Waals surface area contributed by atoms with Crippen LogP contribution in [0.3, 0.4) is 0 Å². The number of fused-ring (bicyclic) bond motifs is 3. The average molecular weight is 419 g/mol. The molecule has 0 bridgehead atoms. The fraction of sp³-hybridized carbons (Fsp3) is 0.240. The molecule has 1 aliphatic rings. The molecule has 0 N–H and O–H groups in total. The monoisotopic (exact) mass is 418 g/mol. The minimum absolute atomic E-state index is 0.109. The Labute approximate surface area is 180 Å². The Hall–Kier alpha value is -2.98. The van der Waals surface area contributed by atoms with Crippen LogP contribution in [0.1, 0.15) is 29.7 Å². The number of ether oxygens (including phenoxy) is 1. The third-order valence-corrected chi connectivity index (χ3v) is 6.25. The fourth-order valence-electron chi connectivity index (χ4n) is 4.41. The Morgan fingerprint density at radius 2 is 1.80 bits per heavy atom. The number of nitrogens with zero attached hydrogens (tertiary/aromatic N) is 2. The zero-order valence-electron chi connectivity index (χ0n) is 16.9. The second-order valence-corrected chi connectivity index (χ2v) is 8.32. The van der Waals surface area contributed by atoms with Crippen LogP contribution >= 0.6 is 11.6 Å². The summed E-state index contributed by atoms with van der Waals surface area (Å²) in [6.45, 7) is 0.390. The molecule has 30 heavy (non-hydrogen) atoms. The van der Waals surface area contributed by atoms with Crippen molar-refractivity contribution < 1.29 is 4.74 Å². The molecule has 152 valence electrons. The summed E-state index contributed by atoms with van der Waals surface area (Å²) in [5.41, 5.74) is 5.86. The Kier molecular flexibility index (Phi) is 4.87. The second-order valence-electron chi connectivity index (χ2n) is 7.88. The maximum absolute atomic E-state index is 12.8. The lowest BCUT2D eigenvalue weighted by Crippen LogP contribution is -2.16. The SMILES string of the molecule is Cn1c2c(c3ccc(-n4ccc(OCc5ccc(Cl)cc5)cc4=O)cc31)CCCC2. The normalized spacial score (nSPS) is 13.4. The molecule has 0 unspecified atom stereocenters. The van der Waals surface area contributed by atoms with Crippen molar-refractivity contribution in [2.75, 3.05) is 0 Å². The molecule has 0 saturated heterocycles. The molecule has 4 nitrogen and oxygen atoms in total. The van der Waals surface area contributed by atoms with E-state index in [9.17, 15) is 4.79 Å². The summed E-state index contributed by atoms with van der Waals surface area (Å²) in [5, 5.41) is 2.00. The van der Waals surface area contributed by atoms with E-state index in [4.69, 9.17) is 16.3 Å². The van der Waals surface area contributed by atoms with Gasteiger partial charge in [0, 0.05) is 35.4 Å². The predicted molar refractivity (Wildman–Crippen MR) is 121 cm³/mol. The van der Waals surface area contributed by atoms with Crippen molar-refractivity contribution in [2.24, 2.45) is 7.05 Å². The van der Waals surface area contributed by atoms with Gasteiger partial charge in [-0.15, -0.1) is 0 Å². The van der Waals surface area contributed by atoms with Gasteiger partial charge in [0.2, 0.25) is 0 Å². The lowest BCUT2D eigenvalue weighted by Gasteiger charge is -2.12. The van der Waals surface area contributed by atoms with E-state index < -0.39 is 0 Å². The zero-order chi connectivity index (χ0) is 20.7.